The first-order valence-electron chi connectivity index (χ1n) is 6.88. The van der Waals surface area contributed by atoms with E-state index >= 15 is 0 Å². The van der Waals surface area contributed by atoms with Gasteiger partial charge in [-0.1, -0.05) is 17.7 Å². The molecule has 0 saturated heterocycles. The van der Waals surface area contributed by atoms with Crippen molar-refractivity contribution in [3.05, 3.63) is 54.4 Å². The minimum absolute atomic E-state index is 0.486. The molecule has 0 aliphatic rings. The lowest BCUT2D eigenvalue weighted by Gasteiger charge is -1.96. The molecule has 0 fully saturated rings. The van der Waals surface area contributed by atoms with Crippen LogP contribution in [0.2, 0.25) is 0 Å². The molecule has 0 unspecified atom stereocenters. The second-order valence-electron chi connectivity index (χ2n) is 4.83. The maximum absolute atomic E-state index is 10.6. The Kier molecular flexibility index (Phi) is 5.48. The Bertz CT molecular complexity index is 848. The van der Waals surface area contributed by atoms with Crippen LogP contribution in [0.25, 0.3) is 22.9 Å². The molecule has 1 N–H and O–H groups in total. The van der Waals surface area contributed by atoms with Crippen LogP contribution in [0.1, 0.15) is 5.56 Å². The number of nitrogens with zero attached hydrogens (tertiary/aromatic N) is 3. The van der Waals surface area contributed by atoms with Crippen LogP contribution in [0.5, 0.6) is 0 Å². The van der Waals surface area contributed by atoms with Gasteiger partial charge in [0, 0.05) is 18.0 Å². The van der Waals surface area contributed by atoms with E-state index in [1.807, 2.05) is 43.3 Å². The Morgan fingerprint density at radius 1 is 1.08 bits per heavy atom. The summed E-state index contributed by atoms with van der Waals surface area (Å²) in [7, 11) is 0. The van der Waals surface area contributed by atoms with Crippen LogP contribution in [0, 0.1) is 6.92 Å². The fourth-order valence-corrected chi connectivity index (χ4v) is 1.72. The van der Waals surface area contributed by atoms with Crippen molar-refractivity contribution in [2.45, 2.75) is 13.1 Å². The van der Waals surface area contributed by atoms with Gasteiger partial charge in [0.05, 0.1) is 5.56 Å². The van der Waals surface area contributed by atoms with Gasteiger partial charge in [-0.05, 0) is 31.2 Å². The van der Waals surface area contributed by atoms with Crippen molar-refractivity contribution in [2.75, 3.05) is 0 Å². The van der Waals surface area contributed by atoms with E-state index in [-0.39, 0.29) is 0 Å². The normalized spacial score (nSPS) is 10.7. The van der Waals surface area contributed by atoms with Crippen LogP contribution in [0.3, 0.4) is 0 Å². The van der Waals surface area contributed by atoms with Gasteiger partial charge < -0.3 is 9.52 Å². The summed E-state index contributed by atoms with van der Waals surface area (Å²) in [5.41, 5.74) is 2.91. The van der Waals surface area contributed by atoms with E-state index in [4.69, 9.17) is 14.3 Å². The van der Waals surface area contributed by atoms with Gasteiger partial charge in [0.25, 0.3) is 0 Å². The van der Waals surface area contributed by atoms with Crippen molar-refractivity contribution < 1.29 is 27.5 Å². The summed E-state index contributed by atoms with van der Waals surface area (Å²) < 4.78 is 37.4. The summed E-state index contributed by atoms with van der Waals surface area (Å²) in [6.45, 7) is 2.03. The molecule has 6 nitrogen and oxygen atoms in total. The first-order valence-corrected chi connectivity index (χ1v) is 6.88. The number of hydrogen-bond donors (Lipinski definition) is 1. The third-order valence-corrected chi connectivity index (χ3v) is 2.84. The molecule has 25 heavy (non-hydrogen) atoms. The van der Waals surface area contributed by atoms with Crippen LogP contribution < -0.4 is 0 Å². The lowest BCUT2D eigenvalue weighted by molar-refractivity contribution is -0.192. The van der Waals surface area contributed by atoms with E-state index in [0.717, 1.165) is 16.7 Å². The quantitative estimate of drug-likeness (QED) is 0.756. The van der Waals surface area contributed by atoms with Gasteiger partial charge in [-0.2, -0.15) is 13.2 Å². The fraction of sp³-hybridized carbons (Fsp3) is 0.125. The number of rotatable bonds is 2. The Morgan fingerprint density at radius 3 is 2.20 bits per heavy atom. The lowest BCUT2D eigenvalue weighted by Crippen LogP contribution is -2.21. The second kappa shape index (κ2) is 7.56. The molecule has 2 aromatic heterocycles. The monoisotopic (exact) mass is 351 g/mol. The number of hydrogen-bond acceptors (Lipinski definition) is 5. The Morgan fingerprint density at radius 2 is 1.68 bits per heavy atom. The van der Waals surface area contributed by atoms with Crippen molar-refractivity contribution in [3.63, 3.8) is 0 Å². The minimum Gasteiger partial charge on any atom is -0.475 e. The molecule has 0 aliphatic carbocycles. The molecule has 9 heteroatoms. The highest BCUT2D eigenvalue weighted by molar-refractivity contribution is 5.73. The van der Waals surface area contributed by atoms with Gasteiger partial charge in [-0.15, -0.1) is 10.2 Å². The predicted octanol–water partition coefficient (Wildman–Crippen LogP) is 3.74. The number of halogens is 3. The number of carboxylic acids is 1. The fourth-order valence-electron chi connectivity index (χ4n) is 1.72. The molecule has 3 aromatic rings. The SMILES string of the molecule is Cc1cccc(-c2nnc(-c3cccnc3)o2)c1.O=C(O)C(F)(F)F. The van der Waals surface area contributed by atoms with Gasteiger partial charge in [-0.3, -0.25) is 4.98 Å². The zero-order chi connectivity index (χ0) is 18.4. The third kappa shape index (κ3) is 5.13. The molecule has 0 spiro atoms. The average Bonchev–Trinajstić information content (AvgIpc) is 3.05. The van der Waals surface area contributed by atoms with Crippen molar-refractivity contribution in [1.82, 2.24) is 15.2 Å². The maximum Gasteiger partial charge on any atom is 0.490 e. The predicted molar refractivity (Wildman–Crippen MR) is 81.4 cm³/mol. The van der Waals surface area contributed by atoms with Crippen LogP contribution >= 0.6 is 0 Å². The summed E-state index contributed by atoms with van der Waals surface area (Å²) in [5.74, 6) is -1.75. The number of aliphatic carboxylic acids is 1. The van der Waals surface area contributed by atoms with Crippen LogP contribution in [0.4, 0.5) is 13.2 Å². The number of benzene rings is 1. The highest BCUT2D eigenvalue weighted by Gasteiger charge is 2.38. The summed E-state index contributed by atoms with van der Waals surface area (Å²) in [6.07, 6.45) is -1.67. The van der Waals surface area contributed by atoms with E-state index in [1.165, 1.54) is 0 Å². The van der Waals surface area contributed by atoms with Gasteiger partial charge in [0.2, 0.25) is 11.8 Å². The summed E-state index contributed by atoms with van der Waals surface area (Å²) >= 11 is 0. The topological polar surface area (TPSA) is 89.1 Å². The smallest absolute Gasteiger partial charge is 0.475 e. The first-order chi connectivity index (χ1) is 11.8. The van der Waals surface area contributed by atoms with Crippen molar-refractivity contribution in [1.29, 1.82) is 0 Å². The Balaban J connectivity index is 0.000000277. The van der Waals surface area contributed by atoms with Crippen LogP contribution in [-0.4, -0.2) is 32.4 Å². The number of pyridine rings is 1. The van der Waals surface area contributed by atoms with Gasteiger partial charge in [0.1, 0.15) is 0 Å². The molecule has 0 radical (unpaired) electrons. The van der Waals surface area contributed by atoms with E-state index in [9.17, 15) is 13.2 Å². The van der Waals surface area contributed by atoms with Crippen molar-refractivity contribution >= 4 is 5.97 Å². The van der Waals surface area contributed by atoms with Crippen LogP contribution in [-0.2, 0) is 4.79 Å². The first kappa shape index (κ1) is 18.1. The zero-order valence-electron chi connectivity index (χ0n) is 12.9. The van der Waals surface area contributed by atoms with Crippen LogP contribution in [0.15, 0.2) is 53.2 Å². The molecule has 0 bridgehead atoms. The van der Waals surface area contributed by atoms with Gasteiger partial charge in [-0.25, -0.2) is 4.79 Å². The Hall–Kier alpha value is -3.23. The van der Waals surface area contributed by atoms with E-state index in [2.05, 4.69) is 15.2 Å². The Labute approximate surface area is 140 Å². The largest absolute Gasteiger partial charge is 0.490 e. The molecule has 2 heterocycles. The molecule has 1 aromatic carbocycles. The summed E-state index contributed by atoms with van der Waals surface area (Å²) in [6, 6.07) is 11.7. The van der Waals surface area contributed by atoms with Gasteiger partial charge in [0.15, 0.2) is 0 Å². The average molecular weight is 351 g/mol. The standard InChI is InChI=1S/C14H11N3O.C2HF3O2/c1-10-4-2-5-11(8-10)13-16-17-14(18-13)12-6-3-7-15-9-12;3-2(4,5)1(6)7/h2-9H,1H3;(H,6,7). The maximum atomic E-state index is 10.6. The highest BCUT2D eigenvalue weighted by Crippen LogP contribution is 2.23. The van der Waals surface area contributed by atoms with E-state index < -0.39 is 12.1 Å². The van der Waals surface area contributed by atoms with Crippen molar-refractivity contribution in [3.8, 4) is 22.9 Å². The number of aryl methyl sites for hydroxylation is 1. The second-order valence-corrected chi connectivity index (χ2v) is 4.83. The molecular formula is C16H12F3N3O3. The van der Waals surface area contributed by atoms with E-state index in [0.29, 0.717) is 11.8 Å². The van der Waals surface area contributed by atoms with Crippen molar-refractivity contribution in [2.24, 2.45) is 0 Å². The summed E-state index contributed by atoms with van der Waals surface area (Å²) in [4.78, 5) is 12.9. The zero-order valence-corrected chi connectivity index (χ0v) is 12.9. The molecule has 130 valence electrons. The molecule has 3 rings (SSSR count). The van der Waals surface area contributed by atoms with Gasteiger partial charge >= 0.3 is 12.1 Å². The molecule has 0 aliphatic heterocycles. The molecular weight excluding hydrogens is 339 g/mol. The minimum atomic E-state index is -5.08. The van der Waals surface area contributed by atoms with E-state index in [1.54, 1.807) is 12.4 Å². The number of alkyl halides is 3. The number of carbonyl (C=O) groups is 1. The summed E-state index contributed by atoms with van der Waals surface area (Å²) in [5, 5.41) is 15.2. The highest BCUT2D eigenvalue weighted by atomic mass is 19.4. The third-order valence-electron chi connectivity index (χ3n) is 2.84. The number of carboxylic acid groups (broad SMARTS) is 1. The number of aromatic nitrogens is 3. The molecule has 0 atom stereocenters. The lowest BCUT2D eigenvalue weighted by atomic mass is 10.1. The molecule has 0 amide bonds. The molecule has 0 saturated carbocycles.